The summed E-state index contributed by atoms with van der Waals surface area (Å²) in [5, 5.41) is 14.1. The first-order valence-corrected chi connectivity index (χ1v) is 5.65. The molecule has 0 aromatic heterocycles. The number of carboxylic acid groups (broad SMARTS) is 1. The van der Waals surface area contributed by atoms with Crippen molar-refractivity contribution < 1.29 is 14.7 Å². The average molecular weight is 240 g/mol. The van der Waals surface area contributed by atoms with E-state index in [1.807, 2.05) is 6.92 Å². The van der Waals surface area contributed by atoms with Crippen LogP contribution in [0.2, 0.25) is 0 Å². The highest BCUT2D eigenvalue weighted by atomic mass is 16.4. The van der Waals surface area contributed by atoms with Gasteiger partial charge in [-0.2, -0.15) is 0 Å². The lowest BCUT2D eigenvalue weighted by Gasteiger charge is -2.25. The number of nitrogens with one attached hydrogen (secondary N) is 2. The third-order valence-corrected chi connectivity index (χ3v) is 2.32. The first kappa shape index (κ1) is 15.3. The summed E-state index contributed by atoms with van der Waals surface area (Å²) in [5.74, 6) is 4.49. The Morgan fingerprint density at radius 3 is 2.53 bits per heavy atom. The Kier molecular flexibility index (Phi) is 6.80. The Morgan fingerprint density at radius 1 is 1.41 bits per heavy atom. The molecule has 1 atom stereocenters. The highest BCUT2D eigenvalue weighted by Gasteiger charge is 2.33. The molecule has 0 bridgehead atoms. The van der Waals surface area contributed by atoms with Gasteiger partial charge < -0.3 is 15.7 Å². The van der Waals surface area contributed by atoms with Gasteiger partial charge in [-0.15, -0.1) is 11.8 Å². The van der Waals surface area contributed by atoms with Crippen molar-refractivity contribution in [1.82, 2.24) is 10.6 Å². The number of carboxylic acids is 1. The Bertz CT molecular complexity index is 330. The third-order valence-electron chi connectivity index (χ3n) is 2.32. The highest BCUT2D eigenvalue weighted by Crippen LogP contribution is 2.12. The number of carbonyl (C=O) groups is 2. The molecular weight excluding hydrogens is 220 g/mol. The summed E-state index contributed by atoms with van der Waals surface area (Å²) >= 11 is 0. The van der Waals surface area contributed by atoms with Gasteiger partial charge in [0.05, 0.1) is 0 Å². The quantitative estimate of drug-likeness (QED) is 0.484. The van der Waals surface area contributed by atoms with E-state index in [1.165, 1.54) is 6.92 Å². The number of carbonyl (C=O) groups excluding carboxylic acids is 1. The number of hydrogen-bond acceptors (Lipinski definition) is 2. The van der Waals surface area contributed by atoms with E-state index in [4.69, 9.17) is 5.11 Å². The molecule has 0 radical (unpaired) electrons. The number of urea groups is 1. The Hall–Kier alpha value is -1.70. The molecule has 0 saturated heterocycles. The van der Waals surface area contributed by atoms with E-state index >= 15 is 0 Å². The molecule has 96 valence electrons. The van der Waals surface area contributed by atoms with Crippen LogP contribution < -0.4 is 10.6 Å². The van der Waals surface area contributed by atoms with E-state index in [2.05, 4.69) is 22.5 Å². The van der Waals surface area contributed by atoms with E-state index in [-0.39, 0.29) is 0 Å². The second-order valence-corrected chi connectivity index (χ2v) is 3.94. The molecule has 0 aliphatic carbocycles. The third kappa shape index (κ3) is 5.81. The second kappa shape index (κ2) is 7.55. The van der Waals surface area contributed by atoms with Crippen LogP contribution in [-0.2, 0) is 4.79 Å². The highest BCUT2D eigenvalue weighted by molar-refractivity contribution is 5.85. The van der Waals surface area contributed by atoms with Crippen LogP contribution in [0.4, 0.5) is 4.79 Å². The molecular formula is C12H20N2O3. The van der Waals surface area contributed by atoms with Crippen molar-refractivity contribution >= 4 is 12.0 Å². The maximum absolute atomic E-state index is 11.5. The molecule has 0 heterocycles. The zero-order valence-corrected chi connectivity index (χ0v) is 10.6. The van der Waals surface area contributed by atoms with Crippen molar-refractivity contribution in [3.63, 3.8) is 0 Å². The number of hydrogen-bond donors (Lipinski definition) is 3. The first-order valence-electron chi connectivity index (χ1n) is 5.65. The van der Waals surface area contributed by atoms with E-state index in [1.54, 1.807) is 6.92 Å². The Morgan fingerprint density at radius 2 is 2.06 bits per heavy atom. The summed E-state index contributed by atoms with van der Waals surface area (Å²) in [6, 6.07) is -0.471. The molecule has 5 nitrogen and oxygen atoms in total. The average Bonchev–Trinajstić information content (AvgIpc) is 2.24. The maximum Gasteiger partial charge on any atom is 0.329 e. The molecule has 3 N–H and O–H groups in total. The maximum atomic E-state index is 11.5. The van der Waals surface area contributed by atoms with Gasteiger partial charge in [0.15, 0.2) is 0 Å². The van der Waals surface area contributed by atoms with Crippen LogP contribution in [0, 0.1) is 11.8 Å². The summed E-state index contributed by atoms with van der Waals surface area (Å²) in [4.78, 5) is 22.5. The van der Waals surface area contributed by atoms with Gasteiger partial charge in [0, 0.05) is 13.0 Å². The second-order valence-electron chi connectivity index (χ2n) is 3.94. The summed E-state index contributed by atoms with van der Waals surface area (Å²) < 4.78 is 0. The molecule has 0 saturated carbocycles. The van der Waals surface area contributed by atoms with Crippen LogP contribution in [0.25, 0.3) is 0 Å². The van der Waals surface area contributed by atoms with Gasteiger partial charge in [0.1, 0.15) is 5.54 Å². The van der Waals surface area contributed by atoms with Crippen LogP contribution in [0.1, 0.15) is 40.0 Å². The smallest absolute Gasteiger partial charge is 0.329 e. The molecule has 0 spiro atoms. The van der Waals surface area contributed by atoms with Crippen LogP contribution in [0.5, 0.6) is 0 Å². The fraction of sp³-hybridized carbons (Fsp3) is 0.667. The molecule has 2 amide bonds. The molecule has 0 rings (SSSR count). The minimum absolute atomic E-state index is 0.393. The van der Waals surface area contributed by atoms with Crippen molar-refractivity contribution in [2.45, 2.75) is 45.6 Å². The topological polar surface area (TPSA) is 78.4 Å². The lowest BCUT2D eigenvalue weighted by atomic mass is 9.97. The van der Waals surface area contributed by atoms with Crippen LogP contribution in [0.15, 0.2) is 0 Å². The van der Waals surface area contributed by atoms with Crippen molar-refractivity contribution in [3.05, 3.63) is 0 Å². The largest absolute Gasteiger partial charge is 0.480 e. The molecule has 0 aliphatic rings. The van der Waals surface area contributed by atoms with Gasteiger partial charge >= 0.3 is 12.0 Å². The minimum atomic E-state index is -1.21. The molecule has 5 heteroatoms. The predicted octanol–water partition coefficient (Wildman–Crippen LogP) is 1.34. The Labute approximate surface area is 102 Å². The minimum Gasteiger partial charge on any atom is -0.480 e. The van der Waals surface area contributed by atoms with Crippen molar-refractivity contribution in [2.75, 3.05) is 6.54 Å². The zero-order valence-electron chi connectivity index (χ0n) is 10.6. The zero-order chi connectivity index (χ0) is 13.3. The van der Waals surface area contributed by atoms with Gasteiger partial charge in [0.25, 0.3) is 0 Å². The summed E-state index contributed by atoms with van der Waals surface area (Å²) in [6.07, 6.45) is 1.64. The molecule has 0 aliphatic heterocycles. The Balaban J connectivity index is 4.21. The van der Waals surface area contributed by atoms with Crippen LogP contribution in [-0.4, -0.2) is 29.2 Å². The first-order chi connectivity index (χ1) is 7.96. The van der Waals surface area contributed by atoms with Crippen LogP contribution in [0.3, 0.4) is 0 Å². The monoisotopic (exact) mass is 240 g/mol. The van der Waals surface area contributed by atoms with Crippen molar-refractivity contribution in [1.29, 1.82) is 0 Å². The number of aliphatic carboxylic acids is 1. The van der Waals surface area contributed by atoms with Gasteiger partial charge in [0.2, 0.25) is 0 Å². The van der Waals surface area contributed by atoms with Crippen molar-refractivity contribution in [2.24, 2.45) is 0 Å². The molecule has 1 unspecified atom stereocenters. The van der Waals surface area contributed by atoms with Crippen LogP contribution >= 0.6 is 0 Å². The molecule has 17 heavy (non-hydrogen) atoms. The fourth-order valence-corrected chi connectivity index (χ4v) is 1.38. The fourth-order valence-electron chi connectivity index (χ4n) is 1.38. The van der Waals surface area contributed by atoms with E-state index in [9.17, 15) is 9.59 Å². The number of amides is 2. The van der Waals surface area contributed by atoms with Gasteiger partial charge in [-0.3, -0.25) is 0 Å². The lowest BCUT2D eigenvalue weighted by molar-refractivity contribution is -0.144. The van der Waals surface area contributed by atoms with Gasteiger partial charge in [-0.05, 0) is 20.3 Å². The summed E-state index contributed by atoms with van der Waals surface area (Å²) in [7, 11) is 0. The molecule has 0 aromatic rings. The van der Waals surface area contributed by atoms with E-state index < -0.39 is 17.5 Å². The number of rotatable bonds is 6. The van der Waals surface area contributed by atoms with E-state index in [0.717, 1.165) is 0 Å². The predicted molar refractivity (Wildman–Crippen MR) is 65.6 cm³/mol. The van der Waals surface area contributed by atoms with Gasteiger partial charge in [-0.25, -0.2) is 9.59 Å². The summed E-state index contributed by atoms with van der Waals surface area (Å²) in [6.45, 7) is 5.51. The normalized spacial score (nSPS) is 12.9. The summed E-state index contributed by atoms with van der Waals surface area (Å²) in [5.41, 5.74) is -1.21. The van der Waals surface area contributed by atoms with Gasteiger partial charge in [-0.1, -0.05) is 13.3 Å². The SMILES string of the molecule is CC#CCCNC(=O)NC(C)(CCC)C(=O)O. The molecule has 0 aromatic carbocycles. The van der Waals surface area contributed by atoms with Crippen molar-refractivity contribution in [3.8, 4) is 11.8 Å². The molecule has 0 fully saturated rings. The van der Waals surface area contributed by atoms with E-state index in [0.29, 0.717) is 25.8 Å². The lowest BCUT2D eigenvalue weighted by Crippen LogP contribution is -2.55. The standard InChI is InChI=1S/C12H20N2O3/c1-4-6-7-9-13-11(17)14-12(3,8-5-2)10(15)16/h5,7-9H2,1-3H3,(H,15,16)(H2,13,14,17).